The lowest BCUT2D eigenvalue weighted by molar-refractivity contribution is 0.0919. The first kappa shape index (κ1) is 14.7. The van der Waals surface area contributed by atoms with Gasteiger partial charge in [0, 0.05) is 24.3 Å². The summed E-state index contributed by atoms with van der Waals surface area (Å²) in [5, 5.41) is 6.31. The van der Waals surface area contributed by atoms with E-state index in [9.17, 15) is 9.59 Å². The number of carbonyl (C=O) groups is 1. The highest BCUT2D eigenvalue weighted by atomic mass is 35.5. The minimum absolute atomic E-state index is 0. The van der Waals surface area contributed by atoms with E-state index in [1.54, 1.807) is 0 Å². The van der Waals surface area contributed by atoms with Gasteiger partial charge >= 0.3 is 0 Å². The SMILES string of the molecule is CC1NCCCC1NC(=O)c1ccc(=O)[nH]c1.Cl. The molecule has 1 aromatic heterocycles. The van der Waals surface area contributed by atoms with Crippen LogP contribution in [0.5, 0.6) is 0 Å². The number of nitrogens with one attached hydrogen (secondary N) is 3. The second-order valence-electron chi connectivity index (χ2n) is 4.41. The van der Waals surface area contributed by atoms with Crippen LogP contribution in [0, 0.1) is 0 Å². The van der Waals surface area contributed by atoms with E-state index < -0.39 is 0 Å². The summed E-state index contributed by atoms with van der Waals surface area (Å²) in [6, 6.07) is 3.34. The van der Waals surface area contributed by atoms with Gasteiger partial charge in [0.15, 0.2) is 0 Å². The van der Waals surface area contributed by atoms with Gasteiger partial charge in [-0.3, -0.25) is 9.59 Å². The minimum Gasteiger partial charge on any atom is -0.348 e. The Balaban J connectivity index is 0.00000162. The van der Waals surface area contributed by atoms with Crippen molar-refractivity contribution in [3.63, 3.8) is 0 Å². The molecule has 18 heavy (non-hydrogen) atoms. The van der Waals surface area contributed by atoms with Gasteiger partial charge in [0.2, 0.25) is 5.56 Å². The molecule has 0 bridgehead atoms. The molecule has 0 aromatic carbocycles. The summed E-state index contributed by atoms with van der Waals surface area (Å²) < 4.78 is 0. The second-order valence-corrected chi connectivity index (χ2v) is 4.41. The van der Waals surface area contributed by atoms with E-state index in [-0.39, 0.29) is 36.0 Å². The van der Waals surface area contributed by atoms with E-state index >= 15 is 0 Å². The third kappa shape index (κ3) is 3.58. The lowest BCUT2D eigenvalue weighted by atomic mass is 9.99. The summed E-state index contributed by atoms with van der Waals surface area (Å²) in [4.78, 5) is 25.3. The Morgan fingerprint density at radius 1 is 1.44 bits per heavy atom. The van der Waals surface area contributed by atoms with E-state index in [1.165, 1.54) is 18.3 Å². The zero-order valence-corrected chi connectivity index (χ0v) is 11.0. The fraction of sp³-hybridized carbons (Fsp3) is 0.500. The molecule has 2 rings (SSSR count). The van der Waals surface area contributed by atoms with Gasteiger partial charge in [0.1, 0.15) is 0 Å². The number of hydrogen-bond acceptors (Lipinski definition) is 3. The van der Waals surface area contributed by atoms with Crippen molar-refractivity contribution in [2.75, 3.05) is 6.54 Å². The third-order valence-electron chi connectivity index (χ3n) is 3.12. The number of halogens is 1. The Bertz CT molecular complexity index is 440. The molecular weight excluding hydrogens is 254 g/mol. The molecule has 0 radical (unpaired) electrons. The van der Waals surface area contributed by atoms with Crippen molar-refractivity contribution in [1.29, 1.82) is 0 Å². The highest BCUT2D eigenvalue weighted by molar-refractivity contribution is 5.94. The highest BCUT2D eigenvalue weighted by Crippen LogP contribution is 2.09. The van der Waals surface area contributed by atoms with Crippen LogP contribution in [0.1, 0.15) is 30.1 Å². The average Bonchev–Trinajstić information content (AvgIpc) is 2.33. The van der Waals surface area contributed by atoms with Crippen LogP contribution in [0.25, 0.3) is 0 Å². The number of aromatic amines is 1. The number of carbonyl (C=O) groups excluding carboxylic acids is 1. The molecule has 1 amide bonds. The number of piperidine rings is 1. The maximum Gasteiger partial charge on any atom is 0.253 e. The molecule has 100 valence electrons. The van der Waals surface area contributed by atoms with Gasteiger partial charge in [-0.15, -0.1) is 12.4 Å². The molecular formula is C12H18ClN3O2. The van der Waals surface area contributed by atoms with Crippen molar-refractivity contribution in [2.45, 2.75) is 31.8 Å². The molecule has 0 spiro atoms. The van der Waals surface area contributed by atoms with Gasteiger partial charge in [-0.1, -0.05) is 0 Å². The number of pyridine rings is 1. The molecule has 6 heteroatoms. The summed E-state index contributed by atoms with van der Waals surface area (Å²) in [5.74, 6) is -0.137. The molecule has 1 aromatic rings. The van der Waals surface area contributed by atoms with Crippen LogP contribution < -0.4 is 16.2 Å². The minimum atomic E-state index is -0.200. The monoisotopic (exact) mass is 271 g/mol. The lowest BCUT2D eigenvalue weighted by Gasteiger charge is -2.30. The number of aromatic nitrogens is 1. The highest BCUT2D eigenvalue weighted by Gasteiger charge is 2.22. The Morgan fingerprint density at radius 3 is 2.83 bits per heavy atom. The number of rotatable bonds is 2. The van der Waals surface area contributed by atoms with E-state index in [4.69, 9.17) is 0 Å². The third-order valence-corrected chi connectivity index (χ3v) is 3.12. The van der Waals surface area contributed by atoms with Gasteiger partial charge in [-0.2, -0.15) is 0 Å². The predicted octanol–water partition coefficient (Wildman–Crippen LogP) is 0.667. The van der Waals surface area contributed by atoms with Crippen LogP contribution in [0.15, 0.2) is 23.1 Å². The van der Waals surface area contributed by atoms with E-state index in [2.05, 4.69) is 22.5 Å². The van der Waals surface area contributed by atoms with Gasteiger partial charge in [0.25, 0.3) is 5.91 Å². The molecule has 2 unspecified atom stereocenters. The summed E-state index contributed by atoms with van der Waals surface area (Å²) in [6.07, 6.45) is 3.50. The summed E-state index contributed by atoms with van der Waals surface area (Å²) in [7, 11) is 0. The molecule has 2 heterocycles. The Labute approximate surface area is 112 Å². The van der Waals surface area contributed by atoms with E-state index in [0.717, 1.165) is 19.4 Å². The molecule has 1 saturated heterocycles. The Kier molecular flexibility index (Phi) is 5.37. The molecule has 3 N–H and O–H groups in total. The number of amides is 1. The van der Waals surface area contributed by atoms with Gasteiger partial charge in [-0.05, 0) is 32.4 Å². The fourth-order valence-corrected chi connectivity index (χ4v) is 2.04. The molecule has 5 nitrogen and oxygen atoms in total. The Hall–Kier alpha value is -1.33. The number of H-pyrrole nitrogens is 1. The van der Waals surface area contributed by atoms with Crippen molar-refractivity contribution in [2.24, 2.45) is 0 Å². The van der Waals surface area contributed by atoms with Crippen molar-refractivity contribution in [3.8, 4) is 0 Å². The molecule has 0 aliphatic carbocycles. The van der Waals surface area contributed by atoms with Crippen LogP contribution >= 0.6 is 12.4 Å². The second kappa shape index (κ2) is 6.56. The van der Waals surface area contributed by atoms with Crippen LogP contribution in [0.3, 0.4) is 0 Å². The maximum absolute atomic E-state index is 11.9. The molecule has 0 saturated carbocycles. The topological polar surface area (TPSA) is 74.0 Å². The molecule has 1 aliphatic rings. The van der Waals surface area contributed by atoms with E-state index in [1.807, 2.05) is 0 Å². The molecule has 1 fully saturated rings. The van der Waals surface area contributed by atoms with Crippen molar-refractivity contribution < 1.29 is 4.79 Å². The first-order valence-electron chi connectivity index (χ1n) is 5.90. The Morgan fingerprint density at radius 2 is 2.22 bits per heavy atom. The van der Waals surface area contributed by atoms with Gasteiger partial charge in [-0.25, -0.2) is 0 Å². The standard InChI is InChI=1S/C12H17N3O2.ClH/c1-8-10(3-2-6-13-8)15-12(17)9-4-5-11(16)14-7-9;/h4-5,7-8,10,13H,2-3,6H2,1H3,(H,14,16)(H,15,17);1H. The van der Waals surface area contributed by atoms with Crippen LogP contribution in [-0.4, -0.2) is 29.5 Å². The quantitative estimate of drug-likeness (QED) is 0.740. The lowest BCUT2D eigenvalue weighted by Crippen LogP contribution is -2.51. The maximum atomic E-state index is 11.9. The van der Waals surface area contributed by atoms with Crippen LogP contribution in [0.4, 0.5) is 0 Å². The number of hydrogen-bond donors (Lipinski definition) is 3. The van der Waals surface area contributed by atoms with Gasteiger partial charge in [0.05, 0.1) is 5.56 Å². The van der Waals surface area contributed by atoms with Gasteiger partial charge < -0.3 is 15.6 Å². The smallest absolute Gasteiger partial charge is 0.253 e. The molecule has 1 aliphatic heterocycles. The summed E-state index contributed by atoms with van der Waals surface area (Å²) >= 11 is 0. The van der Waals surface area contributed by atoms with Crippen LogP contribution in [-0.2, 0) is 0 Å². The first-order valence-corrected chi connectivity index (χ1v) is 5.90. The summed E-state index contributed by atoms with van der Waals surface area (Å²) in [5.41, 5.74) is 0.289. The zero-order valence-electron chi connectivity index (χ0n) is 10.2. The summed E-state index contributed by atoms with van der Waals surface area (Å²) in [6.45, 7) is 3.07. The fourth-order valence-electron chi connectivity index (χ4n) is 2.04. The predicted molar refractivity (Wildman–Crippen MR) is 72.3 cm³/mol. The van der Waals surface area contributed by atoms with E-state index in [0.29, 0.717) is 5.56 Å². The average molecular weight is 272 g/mol. The first-order chi connectivity index (χ1) is 8.16. The van der Waals surface area contributed by atoms with Crippen molar-refractivity contribution in [3.05, 3.63) is 34.2 Å². The van der Waals surface area contributed by atoms with Crippen LogP contribution in [0.2, 0.25) is 0 Å². The van der Waals surface area contributed by atoms with Crippen molar-refractivity contribution in [1.82, 2.24) is 15.6 Å². The van der Waals surface area contributed by atoms with Crippen molar-refractivity contribution >= 4 is 18.3 Å². The normalized spacial score (nSPS) is 22.9. The molecule has 2 atom stereocenters. The largest absolute Gasteiger partial charge is 0.348 e. The zero-order chi connectivity index (χ0) is 12.3.